The van der Waals surface area contributed by atoms with Gasteiger partial charge in [0, 0.05) is 6.42 Å². The number of rotatable bonds is 5. The van der Waals surface area contributed by atoms with Gasteiger partial charge in [-0.1, -0.05) is 20.3 Å². The fourth-order valence-corrected chi connectivity index (χ4v) is 1.56. The van der Waals surface area contributed by atoms with Crippen LogP contribution in [0.25, 0.3) is 0 Å². The Morgan fingerprint density at radius 2 is 2.33 bits per heavy atom. The molecular weight excluding hydrogens is 190 g/mol. The summed E-state index contributed by atoms with van der Waals surface area (Å²) in [6, 6.07) is 3.71. The van der Waals surface area contributed by atoms with E-state index < -0.39 is 5.92 Å². The molecule has 0 amide bonds. The number of nitriles is 1. The van der Waals surface area contributed by atoms with Crippen LogP contribution in [0.4, 0.5) is 0 Å². The van der Waals surface area contributed by atoms with Gasteiger partial charge in [-0.3, -0.25) is 4.79 Å². The number of hydrogen-bond donors (Lipinski definition) is 0. The summed E-state index contributed by atoms with van der Waals surface area (Å²) in [4.78, 5) is 11.9. The summed E-state index contributed by atoms with van der Waals surface area (Å²) in [5.74, 6) is 0.0409. The van der Waals surface area contributed by atoms with E-state index in [0.717, 1.165) is 6.42 Å². The maximum Gasteiger partial charge on any atom is 0.183 e. The third-order valence-electron chi connectivity index (χ3n) is 2.38. The van der Waals surface area contributed by atoms with Crippen molar-refractivity contribution in [3.8, 4) is 6.07 Å². The van der Waals surface area contributed by atoms with E-state index in [9.17, 15) is 4.79 Å². The van der Waals surface area contributed by atoms with Crippen molar-refractivity contribution in [3.63, 3.8) is 0 Å². The highest BCUT2D eigenvalue weighted by atomic mass is 16.3. The van der Waals surface area contributed by atoms with Crippen LogP contribution in [0, 0.1) is 17.2 Å². The lowest BCUT2D eigenvalue weighted by atomic mass is 9.94. The van der Waals surface area contributed by atoms with E-state index >= 15 is 0 Å². The monoisotopic (exact) mass is 205 g/mol. The number of carbonyl (C=O) groups is 1. The first-order chi connectivity index (χ1) is 7.24. The Morgan fingerprint density at radius 1 is 1.60 bits per heavy atom. The quantitative estimate of drug-likeness (QED) is 0.694. The van der Waals surface area contributed by atoms with Gasteiger partial charge in [-0.2, -0.15) is 5.26 Å². The predicted molar refractivity (Wildman–Crippen MR) is 56.4 cm³/mol. The van der Waals surface area contributed by atoms with Gasteiger partial charge in [0.2, 0.25) is 0 Å². The average molecular weight is 205 g/mol. The minimum atomic E-state index is -0.530. The Morgan fingerprint density at radius 3 is 2.87 bits per heavy atom. The number of Topliss-reactive ketones (excluding diaryl/α,β-unsaturated/α-hetero) is 1. The molecule has 0 bridgehead atoms. The van der Waals surface area contributed by atoms with Crippen molar-refractivity contribution in [1.82, 2.24) is 0 Å². The predicted octanol–water partition coefficient (Wildman–Crippen LogP) is 2.96. The van der Waals surface area contributed by atoms with Crippen molar-refractivity contribution in [2.45, 2.75) is 33.1 Å². The molecule has 0 saturated heterocycles. The van der Waals surface area contributed by atoms with Gasteiger partial charge < -0.3 is 4.42 Å². The van der Waals surface area contributed by atoms with Gasteiger partial charge in [-0.25, -0.2) is 0 Å². The Hall–Kier alpha value is -1.56. The van der Waals surface area contributed by atoms with Crippen LogP contribution in [0.1, 0.15) is 42.8 Å². The fourth-order valence-electron chi connectivity index (χ4n) is 1.56. The van der Waals surface area contributed by atoms with Crippen molar-refractivity contribution in [2.24, 2.45) is 5.92 Å². The number of aryl methyl sites for hydroxylation is 1. The minimum absolute atomic E-state index is 0.107. The molecular formula is C12H15NO2. The molecule has 1 heterocycles. The highest BCUT2D eigenvalue weighted by Gasteiger charge is 2.22. The summed E-state index contributed by atoms with van der Waals surface area (Å²) in [5, 5.41) is 8.89. The molecule has 0 aliphatic carbocycles. The number of furan rings is 1. The van der Waals surface area contributed by atoms with E-state index in [1.807, 2.05) is 13.8 Å². The smallest absolute Gasteiger partial charge is 0.183 e. The molecule has 0 saturated carbocycles. The molecule has 0 aliphatic rings. The number of carbonyl (C=O) groups excluding carboxylic acids is 1. The second-order valence-electron chi connectivity index (χ2n) is 3.45. The lowest BCUT2D eigenvalue weighted by Gasteiger charge is -2.05. The van der Waals surface area contributed by atoms with Crippen molar-refractivity contribution >= 4 is 5.78 Å². The second-order valence-corrected chi connectivity index (χ2v) is 3.45. The zero-order valence-corrected chi connectivity index (χ0v) is 9.12. The van der Waals surface area contributed by atoms with Crippen molar-refractivity contribution < 1.29 is 9.21 Å². The summed E-state index contributed by atoms with van der Waals surface area (Å²) < 4.78 is 5.18. The molecule has 1 aromatic rings. The molecule has 0 fully saturated rings. The Kier molecular flexibility index (Phi) is 4.11. The summed E-state index contributed by atoms with van der Waals surface area (Å²) in [5.41, 5.74) is 0.567. The van der Waals surface area contributed by atoms with Crippen LogP contribution in [0.3, 0.4) is 0 Å². The maximum atomic E-state index is 11.9. The SMILES string of the molecule is CCCC(C#N)C(=O)c1ccoc1CC. The molecule has 1 rings (SSSR count). The fraction of sp³-hybridized carbons (Fsp3) is 0.500. The molecule has 3 nitrogen and oxygen atoms in total. The Labute approximate surface area is 89.7 Å². The topological polar surface area (TPSA) is 54.0 Å². The van der Waals surface area contributed by atoms with E-state index in [4.69, 9.17) is 9.68 Å². The molecule has 0 radical (unpaired) electrons. The van der Waals surface area contributed by atoms with Crippen molar-refractivity contribution in [1.29, 1.82) is 5.26 Å². The summed E-state index contributed by atoms with van der Waals surface area (Å²) in [6.45, 7) is 3.89. The van der Waals surface area contributed by atoms with Crippen molar-refractivity contribution in [2.75, 3.05) is 0 Å². The largest absolute Gasteiger partial charge is 0.469 e. The van der Waals surface area contributed by atoms with Crippen LogP contribution in [-0.4, -0.2) is 5.78 Å². The van der Waals surface area contributed by atoms with Gasteiger partial charge in [0.05, 0.1) is 17.9 Å². The van der Waals surface area contributed by atoms with Crippen LogP contribution in [0.2, 0.25) is 0 Å². The van der Waals surface area contributed by atoms with Gasteiger partial charge in [0.15, 0.2) is 5.78 Å². The number of nitrogens with zero attached hydrogens (tertiary/aromatic N) is 1. The van der Waals surface area contributed by atoms with Gasteiger partial charge in [0.25, 0.3) is 0 Å². The molecule has 3 heteroatoms. The third kappa shape index (κ3) is 2.47. The van der Waals surface area contributed by atoms with Crippen LogP contribution < -0.4 is 0 Å². The zero-order chi connectivity index (χ0) is 11.3. The lowest BCUT2D eigenvalue weighted by Crippen LogP contribution is -2.13. The van der Waals surface area contributed by atoms with Crippen molar-refractivity contribution in [3.05, 3.63) is 23.7 Å². The van der Waals surface area contributed by atoms with Gasteiger partial charge in [-0.05, 0) is 12.5 Å². The average Bonchev–Trinajstić information content (AvgIpc) is 2.72. The zero-order valence-electron chi connectivity index (χ0n) is 9.12. The standard InChI is InChI=1S/C12H15NO2/c1-3-5-9(8-13)12(14)10-6-7-15-11(10)4-2/h6-7,9H,3-5H2,1-2H3. The highest BCUT2D eigenvalue weighted by molar-refractivity contribution is 6.00. The maximum absolute atomic E-state index is 11.9. The summed E-state index contributed by atoms with van der Waals surface area (Å²) in [7, 11) is 0. The molecule has 15 heavy (non-hydrogen) atoms. The van der Waals surface area contributed by atoms with E-state index in [1.165, 1.54) is 6.26 Å². The minimum Gasteiger partial charge on any atom is -0.469 e. The van der Waals surface area contributed by atoms with Crippen LogP contribution in [0.5, 0.6) is 0 Å². The first kappa shape index (κ1) is 11.5. The van der Waals surface area contributed by atoms with E-state index in [-0.39, 0.29) is 5.78 Å². The third-order valence-corrected chi connectivity index (χ3v) is 2.38. The van der Waals surface area contributed by atoms with E-state index in [0.29, 0.717) is 24.2 Å². The molecule has 1 aromatic heterocycles. The van der Waals surface area contributed by atoms with Gasteiger partial charge >= 0.3 is 0 Å². The molecule has 0 aromatic carbocycles. The molecule has 1 unspecified atom stereocenters. The highest BCUT2D eigenvalue weighted by Crippen LogP contribution is 2.18. The molecule has 0 aliphatic heterocycles. The van der Waals surface area contributed by atoms with Gasteiger partial charge in [-0.15, -0.1) is 0 Å². The first-order valence-electron chi connectivity index (χ1n) is 5.24. The van der Waals surface area contributed by atoms with Crippen LogP contribution in [0.15, 0.2) is 16.7 Å². The Bertz CT molecular complexity index is 373. The molecule has 0 spiro atoms. The van der Waals surface area contributed by atoms with Gasteiger partial charge in [0.1, 0.15) is 11.7 Å². The number of hydrogen-bond acceptors (Lipinski definition) is 3. The van der Waals surface area contributed by atoms with Crippen LogP contribution in [-0.2, 0) is 6.42 Å². The molecule has 80 valence electrons. The first-order valence-corrected chi connectivity index (χ1v) is 5.24. The van der Waals surface area contributed by atoms with E-state index in [1.54, 1.807) is 6.07 Å². The Balaban J connectivity index is 2.88. The molecule has 1 atom stereocenters. The molecule has 0 N–H and O–H groups in total. The van der Waals surface area contributed by atoms with E-state index in [2.05, 4.69) is 6.07 Å². The summed E-state index contributed by atoms with van der Waals surface area (Å²) >= 11 is 0. The normalized spacial score (nSPS) is 12.1. The second kappa shape index (κ2) is 5.35. The summed E-state index contributed by atoms with van der Waals surface area (Å²) in [6.07, 6.45) is 3.64. The number of ketones is 1. The van der Waals surface area contributed by atoms with Crippen LogP contribution >= 0.6 is 0 Å². The lowest BCUT2D eigenvalue weighted by molar-refractivity contribution is 0.0941.